The summed E-state index contributed by atoms with van der Waals surface area (Å²) in [7, 11) is 1.72. The number of aryl methyl sites for hydroxylation is 2. The Morgan fingerprint density at radius 1 is 0.839 bits per heavy atom. The van der Waals surface area contributed by atoms with Gasteiger partial charge in [0.05, 0.1) is 7.11 Å². The van der Waals surface area contributed by atoms with Crippen LogP contribution in [-0.4, -0.2) is 24.9 Å². The van der Waals surface area contributed by atoms with Crippen molar-refractivity contribution in [3.05, 3.63) is 59.4 Å². The topological polar surface area (TPSA) is 34.5 Å². The van der Waals surface area contributed by atoms with E-state index in [1.807, 2.05) is 86.7 Å². The minimum Gasteiger partial charge on any atom is -0.496 e. The molecule has 0 saturated carbocycles. The molecule has 0 saturated heterocycles. The van der Waals surface area contributed by atoms with Gasteiger partial charge in [0.1, 0.15) is 5.75 Å². The summed E-state index contributed by atoms with van der Waals surface area (Å²) in [4.78, 5) is 8.00. The lowest BCUT2D eigenvalue weighted by atomic mass is 10.0. The van der Waals surface area contributed by atoms with Crippen LogP contribution in [-0.2, 0) is 6.42 Å². The van der Waals surface area contributed by atoms with Gasteiger partial charge in [-0.2, -0.15) is 0 Å². The van der Waals surface area contributed by atoms with Crippen LogP contribution >= 0.6 is 37.2 Å². The average molecular weight is 658 g/mol. The summed E-state index contributed by atoms with van der Waals surface area (Å²) < 4.78 is 5.32. The number of halogens is 2. The Kier molecular flexibility index (Phi) is 52.1. The largest absolute Gasteiger partial charge is 0.496 e. The summed E-state index contributed by atoms with van der Waals surface area (Å²) in [5.74, 6) is 0.992. The van der Waals surface area contributed by atoms with Gasteiger partial charge in [-0.1, -0.05) is 73.6 Å². The predicted octanol–water partition coefficient (Wildman–Crippen LogP) is 9.90. The Labute approximate surface area is 218 Å². The monoisotopic (exact) mass is 658 g/mol. The molecule has 0 amide bonds. The molecule has 2 rings (SSSR count). The molecule has 31 heavy (non-hydrogen) atoms. The second-order valence-corrected chi connectivity index (χ2v) is 4.67. The second kappa shape index (κ2) is 39.7. The first-order valence-corrected chi connectivity index (χ1v) is 17.6. The van der Waals surface area contributed by atoms with Crippen molar-refractivity contribution in [1.29, 1.82) is 0 Å². The quantitative estimate of drug-likeness (QED) is 0.242. The van der Waals surface area contributed by atoms with Crippen molar-refractivity contribution in [2.24, 2.45) is 4.99 Å². The number of benzene rings is 1. The third-order valence-electron chi connectivity index (χ3n) is 2.93. The van der Waals surface area contributed by atoms with Crippen LogP contribution in [0.3, 0.4) is 0 Å². The summed E-state index contributed by atoms with van der Waals surface area (Å²) in [6.45, 7) is 23.0. The van der Waals surface area contributed by atoms with Gasteiger partial charge in [0.15, 0.2) is 0 Å². The van der Waals surface area contributed by atoms with E-state index in [0.717, 1.165) is 18.7 Å². The van der Waals surface area contributed by atoms with E-state index in [1.165, 1.54) is 16.7 Å². The molecule has 2 aromatic rings. The fourth-order valence-electron chi connectivity index (χ4n) is 2.09. The van der Waals surface area contributed by atoms with Crippen LogP contribution in [0.4, 0.5) is 0 Å². The molecule has 0 atom stereocenters. The van der Waals surface area contributed by atoms with E-state index in [1.54, 1.807) is 19.5 Å². The van der Waals surface area contributed by atoms with Crippen molar-refractivity contribution in [2.75, 3.05) is 13.7 Å². The van der Waals surface area contributed by atoms with E-state index in [0.29, 0.717) is 0 Å². The molecule has 3 nitrogen and oxygen atoms in total. The van der Waals surface area contributed by atoms with Gasteiger partial charge in [-0.05, 0) is 49.6 Å². The highest BCUT2D eigenvalue weighted by Gasteiger charge is 2.03. The van der Waals surface area contributed by atoms with E-state index in [2.05, 4.69) is 73.2 Å². The summed E-state index contributed by atoms with van der Waals surface area (Å²) in [6, 6.07) is 10.0. The molecular formula is C26H48I2N2O. The number of rotatable bonds is 4. The first-order valence-electron chi connectivity index (χ1n) is 11.3. The third-order valence-corrected chi connectivity index (χ3v) is 2.93. The van der Waals surface area contributed by atoms with Crippen molar-refractivity contribution in [3.8, 4) is 5.75 Å². The Balaban J connectivity index is -0.000000117. The zero-order valence-corrected chi connectivity index (χ0v) is 26.4. The maximum atomic E-state index is 5.32. The van der Waals surface area contributed by atoms with Crippen molar-refractivity contribution >= 4 is 43.4 Å². The van der Waals surface area contributed by atoms with E-state index >= 15 is 0 Å². The number of aliphatic imine (C=N–C) groups is 1. The molecule has 0 aliphatic heterocycles. The highest BCUT2D eigenvalue weighted by atomic mass is 128. The molecule has 5 heteroatoms. The predicted molar refractivity (Wildman–Crippen MR) is 163 cm³/mol. The average Bonchev–Trinajstić information content (AvgIpc) is 2.87. The first-order chi connectivity index (χ1) is 15.2. The number of aromatic nitrogens is 1. The van der Waals surface area contributed by atoms with Crippen LogP contribution in [0.15, 0.2) is 47.7 Å². The molecule has 0 bridgehead atoms. The lowest BCUT2D eigenvalue weighted by molar-refractivity contribution is 0.408. The van der Waals surface area contributed by atoms with Gasteiger partial charge in [0.25, 0.3) is 0 Å². The molecule has 1 aromatic carbocycles. The van der Waals surface area contributed by atoms with Crippen LogP contribution in [0.5, 0.6) is 5.75 Å². The SMILES string of the molecule is CC.CC.CC.CC.CCN=CCc1cc(C)c(OC)c(C)c1.II.c1ccncc1. The lowest BCUT2D eigenvalue weighted by Gasteiger charge is -2.10. The van der Waals surface area contributed by atoms with Crippen molar-refractivity contribution in [2.45, 2.75) is 82.6 Å². The van der Waals surface area contributed by atoms with Crippen LogP contribution < -0.4 is 4.74 Å². The Morgan fingerprint density at radius 3 is 1.52 bits per heavy atom. The summed E-state index contributed by atoms with van der Waals surface area (Å²) in [5.41, 5.74) is 3.68. The number of ether oxygens (including phenoxy) is 1. The van der Waals surface area contributed by atoms with Crippen molar-refractivity contribution < 1.29 is 4.74 Å². The first kappa shape index (κ1) is 40.6. The highest BCUT2D eigenvalue weighted by molar-refractivity contribution is 15.0. The van der Waals surface area contributed by atoms with Gasteiger partial charge in [-0.25, -0.2) is 0 Å². The molecule has 0 N–H and O–H groups in total. The highest BCUT2D eigenvalue weighted by Crippen LogP contribution is 2.24. The van der Waals surface area contributed by atoms with Gasteiger partial charge in [-0.15, -0.1) is 0 Å². The molecule has 0 spiro atoms. The van der Waals surface area contributed by atoms with Gasteiger partial charge < -0.3 is 4.74 Å². The third kappa shape index (κ3) is 27.3. The van der Waals surface area contributed by atoms with Gasteiger partial charge in [0.2, 0.25) is 0 Å². The molecule has 0 fully saturated rings. The van der Waals surface area contributed by atoms with Gasteiger partial charge in [0, 0.05) is 68.8 Å². The Morgan fingerprint density at radius 2 is 1.26 bits per heavy atom. The molecule has 0 aliphatic carbocycles. The van der Waals surface area contributed by atoms with Crippen LogP contribution in [0.2, 0.25) is 0 Å². The fraction of sp³-hybridized carbons (Fsp3) is 0.538. The number of pyridine rings is 1. The molecule has 0 aliphatic rings. The van der Waals surface area contributed by atoms with Crippen LogP contribution in [0.25, 0.3) is 0 Å². The molecule has 1 heterocycles. The smallest absolute Gasteiger partial charge is 0.124 e. The maximum absolute atomic E-state index is 5.32. The standard InChI is InChI=1S/C13H19NO.C5H5N.4C2H6.I2/c1-5-14-7-6-12-8-10(2)13(15-4)11(3)9-12;1-2-4-6-5-3-1;5*1-2/h7-9H,5-6H2,1-4H3;1-5H;4*1-2H3;. The zero-order chi connectivity index (χ0) is 25.5. The summed E-state index contributed by atoms with van der Waals surface area (Å²) in [5, 5.41) is 0. The van der Waals surface area contributed by atoms with E-state index in [-0.39, 0.29) is 0 Å². The second-order valence-electron chi connectivity index (χ2n) is 4.67. The Hall–Kier alpha value is -0.700. The number of nitrogens with zero attached hydrogens (tertiary/aromatic N) is 2. The number of hydrogen-bond donors (Lipinski definition) is 0. The summed E-state index contributed by atoms with van der Waals surface area (Å²) >= 11 is 4.24. The van der Waals surface area contributed by atoms with Crippen molar-refractivity contribution in [3.63, 3.8) is 0 Å². The minimum atomic E-state index is 0.855. The molecule has 0 radical (unpaired) electrons. The van der Waals surface area contributed by atoms with E-state index in [4.69, 9.17) is 4.74 Å². The Bertz CT molecular complexity index is 513. The number of methoxy groups -OCH3 is 1. The van der Waals surface area contributed by atoms with E-state index < -0.39 is 0 Å². The van der Waals surface area contributed by atoms with Crippen LogP contribution in [0.1, 0.15) is 79.0 Å². The lowest BCUT2D eigenvalue weighted by Crippen LogP contribution is -1.95. The zero-order valence-electron chi connectivity index (χ0n) is 22.1. The number of hydrogen-bond acceptors (Lipinski definition) is 3. The van der Waals surface area contributed by atoms with Crippen LogP contribution in [0, 0.1) is 13.8 Å². The minimum absolute atomic E-state index is 0.855. The summed E-state index contributed by atoms with van der Waals surface area (Å²) in [6.07, 6.45) is 6.38. The fourth-order valence-corrected chi connectivity index (χ4v) is 2.09. The maximum Gasteiger partial charge on any atom is 0.124 e. The molecule has 182 valence electrons. The van der Waals surface area contributed by atoms with Gasteiger partial charge >= 0.3 is 0 Å². The molecule has 0 unspecified atom stereocenters. The van der Waals surface area contributed by atoms with Gasteiger partial charge in [-0.3, -0.25) is 9.98 Å². The van der Waals surface area contributed by atoms with E-state index in [9.17, 15) is 0 Å². The van der Waals surface area contributed by atoms with Crippen molar-refractivity contribution in [1.82, 2.24) is 4.98 Å². The normalized spacial score (nSPS) is 7.81. The molecular weight excluding hydrogens is 610 g/mol. The molecule has 1 aromatic heterocycles.